The van der Waals surface area contributed by atoms with Crippen LogP contribution in [0.1, 0.15) is 17.5 Å². The number of hydrogen-bond donors (Lipinski definition) is 0. The molecule has 1 aliphatic carbocycles. The Hall–Kier alpha value is -7.36. The van der Waals surface area contributed by atoms with Crippen LogP contribution in [0.3, 0.4) is 0 Å². The predicted molar refractivity (Wildman–Crippen MR) is 242 cm³/mol. The van der Waals surface area contributed by atoms with Crippen molar-refractivity contribution in [1.29, 1.82) is 0 Å². The molecule has 2 atom stereocenters. The van der Waals surface area contributed by atoms with Crippen LogP contribution < -0.4 is 4.90 Å². The Morgan fingerprint density at radius 1 is 0.526 bits per heavy atom. The molecule has 270 valence electrons. The van der Waals surface area contributed by atoms with Gasteiger partial charge in [0.25, 0.3) is 0 Å². The average Bonchev–Trinajstić information content (AvgIpc) is 3.91. The lowest BCUT2D eigenvalue weighted by molar-refractivity contribution is 0.615. The van der Waals surface area contributed by atoms with Gasteiger partial charge >= 0.3 is 0 Å². The maximum Gasteiger partial charge on any atom is 0.0630 e. The Bertz CT molecular complexity index is 3080. The molecule has 3 heterocycles. The van der Waals surface area contributed by atoms with Gasteiger partial charge in [-0.25, -0.2) is 0 Å². The molecular weight excluding hydrogens is 691 g/mol. The molecule has 0 spiro atoms. The molecule has 11 rings (SSSR count). The highest BCUT2D eigenvalue weighted by atomic mass is 15.1. The summed E-state index contributed by atoms with van der Waals surface area (Å²) in [6, 6.07) is 59.5. The molecular formula is C54H39N3. The number of hydrogen-bond acceptors (Lipinski definition) is 1. The Labute approximate surface area is 332 Å². The first-order valence-corrected chi connectivity index (χ1v) is 19.7. The van der Waals surface area contributed by atoms with Crippen molar-refractivity contribution in [2.45, 2.75) is 12.0 Å². The van der Waals surface area contributed by atoms with Crippen molar-refractivity contribution in [3.05, 3.63) is 224 Å². The summed E-state index contributed by atoms with van der Waals surface area (Å²) in [4.78, 5) is 2.36. The smallest absolute Gasteiger partial charge is 0.0630 e. The van der Waals surface area contributed by atoms with E-state index >= 15 is 0 Å². The van der Waals surface area contributed by atoms with Gasteiger partial charge in [0.2, 0.25) is 0 Å². The first-order chi connectivity index (χ1) is 28.2. The van der Waals surface area contributed by atoms with Crippen molar-refractivity contribution in [1.82, 2.24) is 9.13 Å². The van der Waals surface area contributed by atoms with E-state index in [-0.39, 0.29) is 12.0 Å². The Morgan fingerprint density at radius 2 is 1.07 bits per heavy atom. The second-order valence-corrected chi connectivity index (χ2v) is 15.0. The minimum Gasteiger partial charge on any atom is -0.332 e. The van der Waals surface area contributed by atoms with Gasteiger partial charge in [0.1, 0.15) is 0 Å². The van der Waals surface area contributed by atoms with Crippen LogP contribution in [0.2, 0.25) is 0 Å². The number of para-hydroxylation sites is 3. The summed E-state index contributed by atoms with van der Waals surface area (Å²) >= 11 is 0. The Kier molecular flexibility index (Phi) is 7.78. The fourth-order valence-corrected chi connectivity index (χ4v) is 9.28. The SMILES string of the molecule is C=CC(=CC=Cn1c2ccccc2c2ccccc21)N(c1ccc(-c2ccc(-c3ccccc3)cc2)cc1)c1cc2c3c(c1)c1ccccc1n3C1C=CC=CC21. The summed E-state index contributed by atoms with van der Waals surface area (Å²) in [7, 11) is 0. The maximum atomic E-state index is 4.39. The van der Waals surface area contributed by atoms with Crippen LogP contribution in [-0.4, -0.2) is 9.13 Å². The van der Waals surface area contributed by atoms with Crippen molar-refractivity contribution in [3.8, 4) is 22.3 Å². The van der Waals surface area contributed by atoms with Gasteiger partial charge in [-0.1, -0.05) is 152 Å². The molecule has 9 aromatic rings. The summed E-state index contributed by atoms with van der Waals surface area (Å²) in [5.74, 6) is 0.270. The molecule has 7 aromatic carbocycles. The normalized spacial score (nSPS) is 16.0. The lowest BCUT2D eigenvalue weighted by Crippen LogP contribution is -2.15. The lowest BCUT2D eigenvalue weighted by Gasteiger charge is -2.28. The van der Waals surface area contributed by atoms with Crippen molar-refractivity contribution in [2.75, 3.05) is 4.90 Å². The van der Waals surface area contributed by atoms with Gasteiger partial charge in [0.15, 0.2) is 0 Å². The summed E-state index contributed by atoms with van der Waals surface area (Å²) in [5.41, 5.74) is 14.3. The Morgan fingerprint density at radius 3 is 1.72 bits per heavy atom. The van der Waals surface area contributed by atoms with E-state index in [1.54, 1.807) is 0 Å². The van der Waals surface area contributed by atoms with Crippen LogP contribution in [0, 0.1) is 0 Å². The molecule has 57 heavy (non-hydrogen) atoms. The fourth-order valence-electron chi connectivity index (χ4n) is 9.28. The third-order valence-electron chi connectivity index (χ3n) is 11.9. The lowest BCUT2D eigenvalue weighted by atomic mass is 9.89. The second-order valence-electron chi connectivity index (χ2n) is 15.0. The molecule has 2 unspecified atom stereocenters. The zero-order valence-corrected chi connectivity index (χ0v) is 31.4. The highest BCUT2D eigenvalue weighted by Gasteiger charge is 2.35. The van der Waals surface area contributed by atoms with Gasteiger partial charge in [0, 0.05) is 56.3 Å². The largest absolute Gasteiger partial charge is 0.332 e. The van der Waals surface area contributed by atoms with Crippen molar-refractivity contribution >= 4 is 61.2 Å². The molecule has 0 saturated heterocycles. The Balaban J connectivity index is 1.05. The van der Waals surface area contributed by atoms with Crippen molar-refractivity contribution in [3.63, 3.8) is 0 Å². The van der Waals surface area contributed by atoms with Gasteiger partial charge < -0.3 is 14.0 Å². The van der Waals surface area contributed by atoms with E-state index in [9.17, 15) is 0 Å². The van der Waals surface area contributed by atoms with Crippen LogP contribution in [0.5, 0.6) is 0 Å². The van der Waals surface area contributed by atoms with Crippen LogP contribution in [0.4, 0.5) is 11.4 Å². The second kappa shape index (κ2) is 13.4. The van der Waals surface area contributed by atoms with Gasteiger partial charge in [-0.2, -0.15) is 0 Å². The number of nitrogens with zero attached hydrogens (tertiary/aromatic N) is 3. The summed E-state index contributed by atoms with van der Waals surface area (Å²) in [6.07, 6.45) is 17.6. The number of anilines is 2. The number of fused-ring (bicyclic) bond motifs is 9. The van der Waals surface area contributed by atoms with Crippen LogP contribution in [-0.2, 0) is 0 Å². The molecule has 1 aliphatic heterocycles. The van der Waals surface area contributed by atoms with E-state index < -0.39 is 0 Å². The van der Waals surface area contributed by atoms with Gasteiger partial charge in [0.05, 0.1) is 22.6 Å². The molecule has 2 aliphatic rings. The molecule has 0 saturated carbocycles. The quantitative estimate of drug-likeness (QED) is 0.142. The third-order valence-corrected chi connectivity index (χ3v) is 11.9. The topological polar surface area (TPSA) is 13.1 Å². The van der Waals surface area contributed by atoms with Gasteiger partial charge in [-0.15, -0.1) is 0 Å². The number of benzene rings is 7. The molecule has 0 N–H and O–H groups in total. The number of rotatable bonds is 8. The van der Waals surface area contributed by atoms with Crippen LogP contribution in [0.25, 0.3) is 72.1 Å². The van der Waals surface area contributed by atoms with Gasteiger partial charge in [-0.05, 0) is 88.5 Å². The van der Waals surface area contributed by atoms with Crippen molar-refractivity contribution in [2.24, 2.45) is 0 Å². The van der Waals surface area contributed by atoms with E-state index in [2.05, 4.69) is 227 Å². The van der Waals surface area contributed by atoms with E-state index in [0.717, 1.165) is 17.1 Å². The molecule has 3 heteroatoms. The minimum absolute atomic E-state index is 0.257. The first-order valence-electron chi connectivity index (χ1n) is 19.7. The molecule has 2 aromatic heterocycles. The van der Waals surface area contributed by atoms with Crippen molar-refractivity contribution < 1.29 is 0 Å². The number of allylic oxidation sites excluding steroid dienone is 7. The predicted octanol–water partition coefficient (Wildman–Crippen LogP) is 14.4. The first kappa shape index (κ1) is 33.0. The number of aromatic nitrogens is 2. The molecule has 0 amide bonds. The zero-order chi connectivity index (χ0) is 37.9. The summed E-state index contributed by atoms with van der Waals surface area (Å²) < 4.78 is 4.84. The highest BCUT2D eigenvalue weighted by molar-refractivity contribution is 6.12. The molecule has 0 bridgehead atoms. The third kappa shape index (κ3) is 5.35. The van der Waals surface area contributed by atoms with E-state index in [4.69, 9.17) is 0 Å². The van der Waals surface area contributed by atoms with E-state index in [1.165, 1.54) is 71.4 Å². The van der Waals surface area contributed by atoms with Gasteiger partial charge in [-0.3, -0.25) is 0 Å². The van der Waals surface area contributed by atoms with E-state index in [0.29, 0.717) is 0 Å². The molecule has 0 radical (unpaired) electrons. The minimum atomic E-state index is 0.257. The van der Waals surface area contributed by atoms with Crippen LogP contribution >= 0.6 is 0 Å². The maximum absolute atomic E-state index is 4.39. The standard InChI is InChI=1S/C54H39N3/c1-2-41(17-14-34-55-50-22-10-6-18-44(50)45-19-7-11-23-51(45)55)56(42-32-30-40(31-33-42)39-28-26-38(27-29-39)37-15-4-3-5-16-37)43-35-48-46-20-8-12-24-52(46)57-53-25-13-9-21-47(53)49(36-43)54(48)57/h2-36,46,52H,1H2. The highest BCUT2D eigenvalue weighted by Crippen LogP contribution is 2.51. The summed E-state index contributed by atoms with van der Waals surface area (Å²) in [6.45, 7) is 4.39. The zero-order valence-electron chi connectivity index (χ0n) is 31.4. The average molecular weight is 730 g/mol. The summed E-state index contributed by atoms with van der Waals surface area (Å²) in [5, 5.41) is 5.05. The van der Waals surface area contributed by atoms with Crippen LogP contribution in [0.15, 0.2) is 219 Å². The van der Waals surface area contributed by atoms with E-state index in [1.807, 2.05) is 6.08 Å². The monoisotopic (exact) mass is 729 g/mol. The molecule has 3 nitrogen and oxygen atoms in total. The fraction of sp³-hybridized carbons (Fsp3) is 0.0370. The molecule has 0 fully saturated rings.